The molecule has 0 spiro atoms. The van der Waals surface area contributed by atoms with Gasteiger partial charge in [0.25, 0.3) is 11.6 Å². The fourth-order valence-corrected chi connectivity index (χ4v) is 3.22. The van der Waals surface area contributed by atoms with Crippen LogP contribution in [0.4, 0.5) is 17.1 Å². The lowest BCUT2D eigenvalue weighted by Crippen LogP contribution is -2.35. The first kappa shape index (κ1) is 18.6. The van der Waals surface area contributed by atoms with E-state index in [1.807, 2.05) is 12.1 Å². The van der Waals surface area contributed by atoms with E-state index in [1.165, 1.54) is 18.2 Å². The predicted molar refractivity (Wildman–Crippen MR) is 103 cm³/mol. The molecule has 0 fully saturated rings. The molecule has 140 valence electrons. The Hall–Kier alpha value is -3.22. The van der Waals surface area contributed by atoms with E-state index in [0.717, 1.165) is 24.1 Å². The quantitative estimate of drug-likeness (QED) is 0.618. The zero-order valence-corrected chi connectivity index (χ0v) is 15.1. The molecule has 0 saturated heterocycles. The fourth-order valence-electron chi connectivity index (χ4n) is 3.22. The molecular formula is C20H21N3O4. The lowest BCUT2D eigenvalue weighted by Gasteiger charge is -2.29. The number of fused-ring (bicyclic) bond motifs is 1. The lowest BCUT2D eigenvalue weighted by molar-refractivity contribution is -0.385. The summed E-state index contributed by atoms with van der Waals surface area (Å²) in [6, 6.07) is 11.2. The van der Waals surface area contributed by atoms with E-state index in [-0.39, 0.29) is 17.2 Å². The summed E-state index contributed by atoms with van der Waals surface area (Å²) in [4.78, 5) is 37.0. The van der Waals surface area contributed by atoms with Crippen LogP contribution in [0.5, 0.6) is 0 Å². The first-order valence-corrected chi connectivity index (χ1v) is 8.99. The Morgan fingerprint density at radius 2 is 2.00 bits per heavy atom. The fraction of sp³-hybridized carbons (Fsp3) is 0.300. The largest absolute Gasteiger partial charge is 0.322 e. The Labute approximate surface area is 157 Å². The van der Waals surface area contributed by atoms with Crippen LogP contribution in [-0.4, -0.2) is 23.3 Å². The third-order valence-electron chi connectivity index (χ3n) is 4.62. The molecule has 2 aromatic rings. The molecule has 0 radical (unpaired) electrons. The zero-order chi connectivity index (χ0) is 19.4. The molecule has 0 unspecified atom stereocenters. The minimum absolute atomic E-state index is 0.0139. The number of benzene rings is 2. The van der Waals surface area contributed by atoms with Gasteiger partial charge in [0.1, 0.15) is 5.56 Å². The van der Waals surface area contributed by atoms with Crippen molar-refractivity contribution in [1.29, 1.82) is 0 Å². The van der Waals surface area contributed by atoms with Crippen LogP contribution in [0.2, 0.25) is 0 Å². The summed E-state index contributed by atoms with van der Waals surface area (Å²) in [5.41, 5.74) is 2.21. The van der Waals surface area contributed by atoms with Gasteiger partial charge in [-0.05, 0) is 42.7 Å². The van der Waals surface area contributed by atoms with Gasteiger partial charge in [0, 0.05) is 30.4 Å². The molecule has 0 aromatic heterocycles. The van der Waals surface area contributed by atoms with Crippen molar-refractivity contribution >= 4 is 28.9 Å². The molecule has 0 saturated carbocycles. The summed E-state index contributed by atoms with van der Waals surface area (Å²) in [7, 11) is 0. The van der Waals surface area contributed by atoms with Gasteiger partial charge >= 0.3 is 0 Å². The van der Waals surface area contributed by atoms with E-state index in [2.05, 4.69) is 12.2 Å². The number of hydrogen-bond donors (Lipinski definition) is 1. The average Bonchev–Trinajstić information content (AvgIpc) is 2.67. The number of nitro benzene ring substituents is 1. The van der Waals surface area contributed by atoms with E-state index in [0.29, 0.717) is 25.1 Å². The lowest BCUT2D eigenvalue weighted by atomic mass is 10.00. The van der Waals surface area contributed by atoms with Crippen LogP contribution in [0.15, 0.2) is 42.5 Å². The minimum Gasteiger partial charge on any atom is -0.322 e. The number of aryl methyl sites for hydroxylation is 1. The molecule has 27 heavy (non-hydrogen) atoms. The summed E-state index contributed by atoms with van der Waals surface area (Å²) in [6.45, 7) is 2.76. The van der Waals surface area contributed by atoms with Crippen LogP contribution in [0, 0.1) is 10.1 Å². The number of nitrogens with one attached hydrogen (secondary N) is 1. The van der Waals surface area contributed by atoms with Crippen LogP contribution >= 0.6 is 0 Å². The van der Waals surface area contributed by atoms with Crippen LogP contribution in [0.1, 0.15) is 42.1 Å². The van der Waals surface area contributed by atoms with E-state index >= 15 is 0 Å². The number of carbonyl (C=O) groups excluding carboxylic acids is 2. The molecule has 2 aromatic carbocycles. The van der Waals surface area contributed by atoms with Gasteiger partial charge in [-0.3, -0.25) is 19.7 Å². The highest BCUT2D eigenvalue weighted by Crippen LogP contribution is 2.31. The van der Waals surface area contributed by atoms with Gasteiger partial charge in [0.05, 0.1) is 4.92 Å². The third-order valence-corrected chi connectivity index (χ3v) is 4.62. The topological polar surface area (TPSA) is 92.6 Å². The van der Waals surface area contributed by atoms with Gasteiger partial charge in [-0.25, -0.2) is 0 Å². The highest BCUT2D eigenvalue weighted by Gasteiger charge is 2.24. The van der Waals surface area contributed by atoms with E-state index < -0.39 is 10.8 Å². The molecule has 0 atom stereocenters. The molecule has 1 N–H and O–H groups in total. The number of nitrogens with zero attached hydrogens (tertiary/aromatic N) is 2. The van der Waals surface area contributed by atoms with E-state index in [9.17, 15) is 19.7 Å². The van der Waals surface area contributed by atoms with Crippen LogP contribution in [0.25, 0.3) is 0 Å². The Balaban J connectivity index is 1.83. The van der Waals surface area contributed by atoms with Crippen molar-refractivity contribution in [3.63, 3.8) is 0 Å². The third kappa shape index (κ3) is 3.97. The number of nitro groups is 1. The first-order chi connectivity index (χ1) is 13.0. The highest BCUT2D eigenvalue weighted by atomic mass is 16.6. The Morgan fingerprint density at radius 1 is 1.22 bits per heavy atom. The number of unbranched alkanes of at least 4 members (excludes halogenated alkanes) is 1. The Morgan fingerprint density at radius 3 is 2.74 bits per heavy atom. The minimum atomic E-state index is -0.570. The average molecular weight is 367 g/mol. The molecule has 1 aliphatic rings. The molecular weight excluding hydrogens is 346 g/mol. The summed E-state index contributed by atoms with van der Waals surface area (Å²) in [6.07, 6.45) is 2.99. The number of hydrogen-bond acceptors (Lipinski definition) is 4. The number of amides is 2. The molecule has 1 heterocycles. The van der Waals surface area contributed by atoms with Crippen molar-refractivity contribution < 1.29 is 14.5 Å². The molecule has 0 aliphatic carbocycles. The first-order valence-electron chi connectivity index (χ1n) is 8.99. The van der Waals surface area contributed by atoms with Gasteiger partial charge in [-0.15, -0.1) is 0 Å². The molecule has 7 heteroatoms. The van der Waals surface area contributed by atoms with Crippen LogP contribution in [-0.2, 0) is 11.2 Å². The Bertz CT molecular complexity index is 895. The van der Waals surface area contributed by atoms with Crippen molar-refractivity contribution in [2.75, 3.05) is 16.8 Å². The van der Waals surface area contributed by atoms with Crippen molar-refractivity contribution in [2.45, 2.75) is 32.6 Å². The van der Waals surface area contributed by atoms with Gasteiger partial charge in [0.15, 0.2) is 0 Å². The van der Waals surface area contributed by atoms with Crippen LogP contribution < -0.4 is 10.2 Å². The summed E-state index contributed by atoms with van der Waals surface area (Å²) in [5, 5.41) is 13.8. The summed E-state index contributed by atoms with van der Waals surface area (Å²) in [5.74, 6) is -0.412. The van der Waals surface area contributed by atoms with Gasteiger partial charge in [-0.1, -0.05) is 25.5 Å². The summed E-state index contributed by atoms with van der Waals surface area (Å²) >= 11 is 0. The maximum Gasteiger partial charge on any atom is 0.282 e. The normalized spacial score (nSPS) is 13.2. The zero-order valence-electron chi connectivity index (χ0n) is 15.1. The number of carbonyl (C=O) groups is 2. The number of anilines is 2. The standard InChI is InChI=1S/C20H21N3O4/c1-2-3-12-22-17-10-9-15(13-14(17)8-11-19(22)24)21-20(25)16-6-4-5-7-18(16)23(26)27/h4-7,9-10,13H,2-3,8,11-12H2,1H3,(H,21,25). The maximum atomic E-state index is 12.5. The number of para-hydroxylation sites is 1. The van der Waals surface area contributed by atoms with Gasteiger partial charge in [-0.2, -0.15) is 0 Å². The van der Waals surface area contributed by atoms with Crippen molar-refractivity contribution in [2.24, 2.45) is 0 Å². The second-order valence-electron chi connectivity index (χ2n) is 6.47. The SMILES string of the molecule is CCCCN1C(=O)CCc2cc(NC(=O)c3ccccc3[N+](=O)[O-])ccc21. The molecule has 2 amide bonds. The monoisotopic (exact) mass is 367 g/mol. The smallest absolute Gasteiger partial charge is 0.282 e. The van der Waals surface area contributed by atoms with Crippen molar-refractivity contribution in [3.8, 4) is 0 Å². The molecule has 0 bridgehead atoms. The number of rotatable bonds is 6. The van der Waals surface area contributed by atoms with Gasteiger partial charge in [0.2, 0.25) is 5.91 Å². The second-order valence-corrected chi connectivity index (χ2v) is 6.47. The van der Waals surface area contributed by atoms with E-state index in [4.69, 9.17) is 0 Å². The highest BCUT2D eigenvalue weighted by molar-refractivity contribution is 6.07. The molecule has 3 rings (SSSR count). The van der Waals surface area contributed by atoms with E-state index in [1.54, 1.807) is 17.0 Å². The van der Waals surface area contributed by atoms with Gasteiger partial charge < -0.3 is 10.2 Å². The molecule has 1 aliphatic heterocycles. The predicted octanol–water partition coefficient (Wildman–Crippen LogP) is 3.93. The van der Waals surface area contributed by atoms with Crippen LogP contribution in [0.3, 0.4) is 0 Å². The Kier molecular flexibility index (Phi) is 5.49. The maximum absolute atomic E-state index is 12.5. The second kappa shape index (κ2) is 7.99. The molecule has 7 nitrogen and oxygen atoms in total. The van der Waals surface area contributed by atoms with Crippen molar-refractivity contribution in [3.05, 3.63) is 63.7 Å². The van der Waals surface area contributed by atoms with Crippen molar-refractivity contribution in [1.82, 2.24) is 0 Å². The summed E-state index contributed by atoms with van der Waals surface area (Å²) < 4.78 is 0.